The van der Waals surface area contributed by atoms with Gasteiger partial charge in [-0.25, -0.2) is 4.79 Å². The molecule has 1 saturated heterocycles. The molecule has 1 aliphatic carbocycles. The molecule has 1 heterocycles. The average Bonchev–Trinajstić information content (AvgIpc) is 2.97. The first kappa shape index (κ1) is 10.9. The van der Waals surface area contributed by atoms with Gasteiger partial charge in [-0.2, -0.15) is 5.26 Å². The van der Waals surface area contributed by atoms with Crippen LogP contribution in [0.3, 0.4) is 0 Å². The second kappa shape index (κ2) is 3.78. The van der Waals surface area contributed by atoms with Crippen molar-refractivity contribution in [1.82, 2.24) is 4.90 Å². The highest BCUT2D eigenvalue weighted by Crippen LogP contribution is 2.47. The summed E-state index contributed by atoms with van der Waals surface area (Å²) in [5, 5.41) is 8.96. The van der Waals surface area contributed by atoms with Gasteiger partial charge in [-0.05, 0) is 25.7 Å². The Morgan fingerprint density at radius 1 is 1.50 bits per heavy atom. The van der Waals surface area contributed by atoms with Crippen molar-refractivity contribution < 1.29 is 14.3 Å². The van der Waals surface area contributed by atoms with E-state index in [0.717, 1.165) is 6.42 Å². The third kappa shape index (κ3) is 1.54. The third-order valence-corrected chi connectivity index (χ3v) is 3.36. The molecule has 5 heteroatoms. The van der Waals surface area contributed by atoms with E-state index in [9.17, 15) is 9.59 Å². The fraction of sp³-hybridized carbons (Fsp3) is 0.727. The lowest BCUT2D eigenvalue weighted by molar-refractivity contribution is -0.152. The fourth-order valence-electron chi connectivity index (χ4n) is 2.16. The van der Waals surface area contributed by atoms with Crippen molar-refractivity contribution in [2.75, 3.05) is 13.7 Å². The maximum absolute atomic E-state index is 12.1. The van der Waals surface area contributed by atoms with E-state index in [1.807, 2.05) is 0 Å². The molecule has 0 N–H and O–H groups in total. The summed E-state index contributed by atoms with van der Waals surface area (Å²) in [7, 11) is 1.32. The van der Waals surface area contributed by atoms with Crippen molar-refractivity contribution in [3.63, 3.8) is 0 Å². The number of carbonyl (C=O) groups is 2. The lowest BCUT2D eigenvalue weighted by atomic mass is 10.1. The number of nitriles is 1. The van der Waals surface area contributed by atoms with Gasteiger partial charge in [0.25, 0.3) is 0 Å². The second-order valence-electron chi connectivity index (χ2n) is 4.37. The SMILES string of the molecule is COC(=O)C1CCCN1C(=O)C1(C#N)CC1. The van der Waals surface area contributed by atoms with Crippen LogP contribution in [0.2, 0.25) is 0 Å². The molecule has 2 rings (SSSR count). The van der Waals surface area contributed by atoms with E-state index in [4.69, 9.17) is 5.26 Å². The molecule has 1 unspecified atom stereocenters. The molecule has 0 aromatic carbocycles. The minimum Gasteiger partial charge on any atom is -0.467 e. The van der Waals surface area contributed by atoms with Gasteiger partial charge < -0.3 is 9.64 Å². The number of nitrogens with zero attached hydrogens (tertiary/aromatic N) is 2. The van der Waals surface area contributed by atoms with Crippen LogP contribution in [0.15, 0.2) is 0 Å². The highest BCUT2D eigenvalue weighted by atomic mass is 16.5. The van der Waals surface area contributed by atoms with Crippen LogP contribution >= 0.6 is 0 Å². The quantitative estimate of drug-likeness (QED) is 0.636. The molecule has 0 radical (unpaired) electrons. The maximum Gasteiger partial charge on any atom is 0.328 e. The van der Waals surface area contributed by atoms with Gasteiger partial charge in [0.15, 0.2) is 0 Å². The van der Waals surface area contributed by atoms with Gasteiger partial charge in [0.05, 0.1) is 13.2 Å². The minimum absolute atomic E-state index is 0.192. The van der Waals surface area contributed by atoms with Gasteiger partial charge in [-0.15, -0.1) is 0 Å². The number of esters is 1. The predicted octanol–water partition coefficient (Wildman–Crippen LogP) is 0.454. The van der Waals surface area contributed by atoms with Crippen molar-refractivity contribution in [2.45, 2.75) is 31.7 Å². The molecule has 1 atom stereocenters. The van der Waals surface area contributed by atoms with Crippen LogP contribution < -0.4 is 0 Å². The molecule has 0 aromatic heterocycles. The topological polar surface area (TPSA) is 70.4 Å². The first-order chi connectivity index (χ1) is 7.64. The second-order valence-corrected chi connectivity index (χ2v) is 4.37. The number of rotatable bonds is 2. The number of amides is 1. The van der Waals surface area contributed by atoms with Crippen molar-refractivity contribution in [3.8, 4) is 6.07 Å². The Labute approximate surface area is 94.0 Å². The number of likely N-dealkylation sites (tertiary alicyclic amines) is 1. The summed E-state index contributed by atoms with van der Waals surface area (Å²) in [6.07, 6.45) is 2.67. The summed E-state index contributed by atoms with van der Waals surface area (Å²) in [5.74, 6) is -0.567. The zero-order valence-corrected chi connectivity index (χ0v) is 9.23. The summed E-state index contributed by atoms with van der Waals surface area (Å²) in [5.41, 5.74) is -0.837. The summed E-state index contributed by atoms with van der Waals surface area (Å²) in [6, 6.07) is 1.58. The Hall–Kier alpha value is -1.57. The molecule has 2 fully saturated rings. The Balaban J connectivity index is 2.12. The van der Waals surface area contributed by atoms with Crippen molar-refractivity contribution in [3.05, 3.63) is 0 Å². The molecule has 2 aliphatic rings. The molecular weight excluding hydrogens is 208 g/mol. The van der Waals surface area contributed by atoms with E-state index < -0.39 is 11.5 Å². The van der Waals surface area contributed by atoms with Crippen LogP contribution in [0.4, 0.5) is 0 Å². The van der Waals surface area contributed by atoms with E-state index in [-0.39, 0.29) is 11.9 Å². The van der Waals surface area contributed by atoms with E-state index in [1.165, 1.54) is 12.0 Å². The number of methoxy groups -OCH3 is 1. The fourth-order valence-corrected chi connectivity index (χ4v) is 2.16. The molecule has 86 valence electrons. The molecule has 0 aromatic rings. The number of hydrogen-bond donors (Lipinski definition) is 0. The molecule has 0 bridgehead atoms. The van der Waals surface area contributed by atoms with Crippen LogP contribution in [-0.4, -0.2) is 36.5 Å². The zero-order chi connectivity index (χ0) is 11.8. The summed E-state index contributed by atoms with van der Waals surface area (Å²) in [4.78, 5) is 25.1. The number of ether oxygens (including phenoxy) is 1. The monoisotopic (exact) mass is 222 g/mol. The van der Waals surface area contributed by atoms with Crippen molar-refractivity contribution in [1.29, 1.82) is 5.26 Å². The van der Waals surface area contributed by atoms with Crippen LogP contribution in [0, 0.1) is 16.7 Å². The predicted molar refractivity (Wildman–Crippen MR) is 54.0 cm³/mol. The van der Waals surface area contributed by atoms with Gasteiger partial charge in [0.1, 0.15) is 11.5 Å². The lowest BCUT2D eigenvalue weighted by Gasteiger charge is -2.24. The molecular formula is C11H14N2O3. The molecule has 1 aliphatic heterocycles. The number of carbonyl (C=O) groups excluding carboxylic acids is 2. The third-order valence-electron chi connectivity index (χ3n) is 3.36. The minimum atomic E-state index is -0.837. The Kier molecular flexibility index (Phi) is 2.58. The van der Waals surface area contributed by atoms with E-state index in [1.54, 1.807) is 0 Å². The van der Waals surface area contributed by atoms with Crippen LogP contribution in [0.5, 0.6) is 0 Å². The summed E-state index contributed by atoms with van der Waals surface area (Å²) < 4.78 is 4.67. The smallest absolute Gasteiger partial charge is 0.328 e. The van der Waals surface area contributed by atoms with Gasteiger partial charge in [0.2, 0.25) is 5.91 Å². The maximum atomic E-state index is 12.1. The molecule has 5 nitrogen and oxygen atoms in total. The van der Waals surface area contributed by atoms with E-state index in [0.29, 0.717) is 25.8 Å². The lowest BCUT2D eigenvalue weighted by Crippen LogP contribution is -2.44. The first-order valence-electron chi connectivity index (χ1n) is 5.45. The van der Waals surface area contributed by atoms with E-state index >= 15 is 0 Å². The Bertz CT molecular complexity index is 368. The number of hydrogen-bond acceptors (Lipinski definition) is 4. The van der Waals surface area contributed by atoms with Gasteiger partial charge >= 0.3 is 5.97 Å². The van der Waals surface area contributed by atoms with E-state index in [2.05, 4.69) is 10.8 Å². The van der Waals surface area contributed by atoms with Crippen LogP contribution in [0.25, 0.3) is 0 Å². The highest BCUT2D eigenvalue weighted by molar-refractivity contribution is 5.92. The molecule has 1 amide bonds. The molecule has 1 saturated carbocycles. The standard InChI is InChI=1S/C11H14N2O3/c1-16-9(14)8-3-2-6-13(8)10(15)11(7-12)4-5-11/h8H,2-6H2,1H3. The summed E-state index contributed by atoms with van der Waals surface area (Å²) in [6.45, 7) is 0.558. The normalized spacial score (nSPS) is 26.0. The van der Waals surface area contributed by atoms with Gasteiger partial charge in [-0.1, -0.05) is 0 Å². The van der Waals surface area contributed by atoms with Crippen molar-refractivity contribution >= 4 is 11.9 Å². The molecule has 0 spiro atoms. The zero-order valence-electron chi connectivity index (χ0n) is 9.23. The van der Waals surface area contributed by atoms with Gasteiger partial charge in [0, 0.05) is 6.54 Å². The largest absolute Gasteiger partial charge is 0.467 e. The Morgan fingerprint density at radius 2 is 2.19 bits per heavy atom. The van der Waals surface area contributed by atoms with Gasteiger partial charge in [-0.3, -0.25) is 4.79 Å². The average molecular weight is 222 g/mol. The Morgan fingerprint density at radius 3 is 2.69 bits per heavy atom. The highest BCUT2D eigenvalue weighted by Gasteiger charge is 2.54. The van der Waals surface area contributed by atoms with Crippen molar-refractivity contribution in [2.24, 2.45) is 5.41 Å². The molecule has 16 heavy (non-hydrogen) atoms. The first-order valence-corrected chi connectivity index (χ1v) is 5.45. The van der Waals surface area contributed by atoms with Crippen LogP contribution in [-0.2, 0) is 14.3 Å². The summed E-state index contributed by atoms with van der Waals surface area (Å²) >= 11 is 0. The van der Waals surface area contributed by atoms with Crippen LogP contribution in [0.1, 0.15) is 25.7 Å².